The highest BCUT2D eigenvalue weighted by Crippen LogP contribution is 2.21. The SMILES string of the molecule is CCCN(Cc1ccc(C)cc1)C(=O)CSc1ccc(S(=O)(=O)N2CCN(C)CC2)cn1. The molecule has 0 spiro atoms. The van der Waals surface area contributed by atoms with Crippen molar-refractivity contribution in [1.82, 2.24) is 19.1 Å². The molecule has 0 radical (unpaired) electrons. The van der Waals surface area contributed by atoms with Crippen LogP contribution < -0.4 is 0 Å². The molecule has 174 valence electrons. The largest absolute Gasteiger partial charge is 0.338 e. The Kier molecular flexibility index (Phi) is 8.70. The average molecular weight is 477 g/mol. The lowest BCUT2D eigenvalue weighted by Crippen LogP contribution is -2.47. The summed E-state index contributed by atoms with van der Waals surface area (Å²) < 4.78 is 27.2. The summed E-state index contributed by atoms with van der Waals surface area (Å²) in [7, 11) is -1.54. The smallest absolute Gasteiger partial charge is 0.244 e. The number of sulfonamides is 1. The molecule has 0 atom stereocenters. The van der Waals surface area contributed by atoms with Gasteiger partial charge in [0.1, 0.15) is 4.90 Å². The topological polar surface area (TPSA) is 73.8 Å². The van der Waals surface area contributed by atoms with E-state index in [2.05, 4.69) is 41.1 Å². The maximum Gasteiger partial charge on any atom is 0.244 e. The third kappa shape index (κ3) is 6.54. The fraction of sp³-hybridized carbons (Fsp3) is 0.478. The van der Waals surface area contributed by atoms with Crippen LogP contribution in [-0.4, -0.2) is 78.9 Å². The normalized spacial score (nSPS) is 15.6. The van der Waals surface area contributed by atoms with Gasteiger partial charge in [0.05, 0.1) is 10.8 Å². The van der Waals surface area contributed by atoms with Crippen molar-refractivity contribution in [2.24, 2.45) is 0 Å². The Morgan fingerprint density at radius 2 is 1.78 bits per heavy atom. The van der Waals surface area contributed by atoms with Crippen molar-refractivity contribution in [2.75, 3.05) is 45.5 Å². The molecule has 1 saturated heterocycles. The summed E-state index contributed by atoms with van der Waals surface area (Å²) >= 11 is 1.33. The lowest BCUT2D eigenvalue weighted by Gasteiger charge is -2.31. The van der Waals surface area contributed by atoms with Crippen LogP contribution in [0.15, 0.2) is 52.5 Å². The van der Waals surface area contributed by atoms with Crippen LogP contribution in [0.25, 0.3) is 0 Å². The quantitative estimate of drug-likeness (QED) is 0.518. The molecule has 1 aliphatic rings. The van der Waals surface area contributed by atoms with Crippen LogP contribution in [0, 0.1) is 6.92 Å². The molecule has 32 heavy (non-hydrogen) atoms. The molecule has 0 bridgehead atoms. The summed E-state index contributed by atoms with van der Waals surface area (Å²) in [6, 6.07) is 11.5. The molecular weight excluding hydrogens is 444 g/mol. The zero-order valence-electron chi connectivity index (χ0n) is 19.0. The number of rotatable bonds is 9. The number of carbonyl (C=O) groups excluding carboxylic acids is 1. The summed E-state index contributed by atoms with van der Waals surface area (Å²) in [6.45, 7) is 7.80. The Bertz CT molecular complexity index is 987. The van der Waals surface area contributed by atoms with E-state index in [4.69, 9.17) is 0 Å². The van der Waals surface area contributed by atoms with Crippen LogP contribution in [0.4, 0.5) is 0 Å². The number of thioether (sulfide) groups is 1. The Morgan fingerprint density at radius 1 is 1.09 bits per heavy atom. The maximum absolute atomic E-state index is 12.8. The number of aryl methyl sites for hydroxylation is 1. The highest BCUT2D eigenvalue weighted by atomic mass is 32.2. The molecule has 9 heteroatoms. The molecule has 0 saturated carbocycles. The molecule has 3 rings (SSSR count). The summed E-state index contributed by atoms with van der Waals surface area (Å²) in [6.07, 6.45) is 2.29. The maximum atomic E-state index is 12.8. The number of aromatic nitrogens is 1. The summed E-state index contributed by atoms with van der Waals surface area (Å²) in [4.78, 5) is 21.3. The lowest BCUT2D eigenvalue weighted by molar-refractivity contribution is -0.129. The first kappa shape index (κ1) is 24.7. The number of nitrogens with zero attached hydrogens (tertiary/aromatic N) is 4. The number of hydrogen-bond acceptors (Lipinski definition) is 6. The third-order valence-electron chi connectivity index (χ3n) is 5.49. The van der Waals surface area contributed by atoms with Crippen molar-refractivity contribution in [3.8, 4) is 0 Å². The fourth-order valence-corrected chi connectivity index (χ4v) is 5.60. The number of likely N-dealkylation sites (N-methyl/N-ethyl adjacent to an activating group) is 1. The number of carbonyl (C=O) groups is 1. The van der Waals surface area contributed by atoms with Gasteiger partial charge in [-0.2, -0.15) is 4.31 Å². The number of amides is 1. The van der Waals surface area contributed by atoms with E-state index in [1.807, 2.05) is 18.9 Å². The van der Waals surface area contributed by atoms with Gasteiger partial charge in [-0.25, -0.2) is 13.4 Å². The standard InChI is InChI=1S/C23H32N4O3S2/c1-4-11-26(17-20-7-5-19(2)6-8-20)23(28)18-31-22-10-9-21(16-24-22)32(29,30)27-14-12-25(3)13-15-27/h5-10,16H,4,11-15,17-18H2,1-3H3. The predicted octanol–water partition coefficient (Wildman–Crippen LogP) is 2.86. The van der Waals surface area contributed by atoms with Gasteiger partial charge >= 0.3 is 0 Å². The zero-order chi connectivity index (χ0) is 23.1. The molecule has 2 heterocycles. The van der Waals surface area contributed by atoms with Gasteiger partial charge in [-0.05, 0) is 38.1 Å². The minimum atomic E-state index is -3.53. The monoisotopic (exact) mass is 476 g/mol. The van der Waals surface area contributed by atoms with Crippen LogP contribution in [0.2, 0.25) is 0 Å². The second kappa shape index (κ2) is 11.3. The van der Waals surface area contributed by atoms with Crippen LogP contribution in [0.1, 0.15) is 24.5 Å². The summed E-state index contributed by atoms with van der Waals surface area (Å²) in [5.74, 6) is 0.317. The second-order valence-electron chi connectivity index (χ2n) is 8.13. The van der Waals surface area contributed by atoms with E-state index in [-0.39, 0.29) is 16.6 Å². The number of benzene rings is 1. The van der Waals surface area contributed by atoms with Gasteiger partial charge in [-0.15, -0.1) is 0 Å². The molecule has 0 N–H and O–H groups in total. The molecule has 0 unspecified atom stereocenters. The van der Waals surface area contributed by atoms with Gasteiger partial charge in [0.2, 0.25) is 15.9 Å². The van der Waals surface area contributed by atoms with Gasteiger partial charge in [0.15, 0.2) is 0 Å². The van der Waals surface area contributed by atoms with Crippen molar-refractivity contribution in [3.05, 3.63) is 53.7 Å². The summed E-state index contributed by atoms with van der Waals surface area (Å²) in [5.41, 5.74) is 2.31. The van der Waals surface area contributed by atoms with Crippen molar-refractivity contribution in [3.63, 3.8) is 0 Å². The van der Waals surface area contributed by atoms with E-state index >= 15 is 0 Å². The van der Waals surface area contributed by atoms with E-state index in [1.54, 1.807) is 12.1 Å². The van der Waals surface area contributed by atoms with Gasteiger partial charge in [0, 0.05) is 45.5 Å². The van der Waals surface area contributed by atoms with E-state index in [9.17, 15) is 13.2 Å². The Labute approximate surface area is 195 Å². The highest BCUT2D eigenvalue weighted by Gasteiger charge is 2.27. The number of piperazine rings is 1. The first-order valence-corrected chi connectivity index (χ1v) is 13.3. The molecule has 1 fully saturated rings. The first-order valence-electron chi connectivity index (χ1n) is 10.9. The minimum absolute atomic E-state index is 0.0494. The van der Waals surface area contributed by atoms with E-state index in [0.29, 0.717) is 31.2 Å². The zero-order valence-corrected chi connectivity index (χ0v) is 20.7. The highest BCUT2D eigenvalue weighted by molar-refractivity contribution is 7.99. The minimum Gasteiger partial charge on any atom is -0.338 e. The van der Waals surface area contributed by atoms with Gasteiger partial charge < -0.3 is 9.80 Å². The van der Waals surface area contributed by atoms with Gasteiger partial charge in [0.25, 0.3) is 0 Å². The van der Waals surface area contributed by atoms with E-state index in [0.717, 1.165) is 25.1 Å². The summed E-state index contributed by atoms with van der Waals surface area (Å²) in [5, 5.41) is 0.641. The van der Waals surface area contributed by atoms with Crippen molar-refractivity contribution < 1.29 is 13.2 Å². The molecule has 7 nitrogen and oxygen atoms in total. The van der Waals surface area contributed by atoms with Crippen molar-refractivity contribution in [2.45, 2.75) is 36.7 Å². The van der Waals surface area contributed by atoms with Crippen LogP contribution >= 0.6 is 11.8 Å². The van der Waals surface area contributed by atoms with E-state index in [1.165, 1.54) is 27.8 Å². The Hall–Kier alpha value is -1.94. The van der Waals surface area contributed by atoms with Gasteiger partial charge in [-0.3, -0.25) is 4.79 Å². The molecule has 1 aliphatic heterocycles. The Balaban J connectivity index is 1.58. The predicted molar refractivity (Wildman–Crippen MR) is 128 cm³/mol. The second-order valence-corrected chi connectivity index (χ2v) is 11.1. The molecule has 1 amide bonds. The first-order chi connectivity index (χ1) is 15.3. The lowest BCUT2D eigenvalue weighted by atomic mass is 10.1. The molecule has 1 aromatic carbocycles. The molecule has 2 aromatic rings. The molecule has 1 aromatic heterocycles. The van der Waals surface area contributed by atoms with Gasteiger partial charge in [-0.1, -0.05) is 48.5 Å². The number of hydrogen-bond donors (Lipinski definition) is 0. The van der Waals surface area contributed by atoms with Crippen molar-refractivity contribution >= 4 is 27.7 Å². The van der Waals surface area contributed by atoms with Crippen LogP contribution in [0.3, 0.4) is 0 Å². The van der Waals surface area contributed by atoms with Crippen LogP contribution in [-0.2, 0) is 21.4 Å². The van der Waals surface area contributed by atoms with Crippen LogP contribution in [0.5, 0.6) is 0 Å². The Morgan fingerprint density at radius 3 is 2.38 bits per heavy atom. The van der Waals surface area contributed by atoms with E-state index < -0.39 is 10.0 Å². The molecular formula is C23H32N4O3S2. The third-order valence-corrected chi connectivity index (χ3v) is 8.30. The number of pyridine rings is 1. The fourth-order valence-electron chi connectivity index (χ4n) is 3.48. The molecule has 0 aliphatic carbocycles. The van der Waals surface area contributed by atoms with Crippen molar-refractivity contribution in [1.29, 1.82) is 0 Å². The average Bonchev–Trinajstić information content (AvgIpc) is 2.79.